The van der Waals surface area contributed by atoms with Gasteiger partial charge in [-0.05, 0) is 26.3 Å². The second-order valence-electron chi connectivity index (χ2n) is 5.81. The van der Waals surface area contributed by atoms with Crippen LogP contribution in [0.1, 0.15) is 32.0 Å². The highest BCUT2D eigenvalue weighted by Crippen LogP contribution is 2.30. The number of hydrogen-bond donors (Lipinski definition) is 2. The number of aromatic nitrogens is 1. The van der Waals surface area contributed by atoms with Crippen molar-refractivity contribution in [2.45, 2.75) is 32.8 Å². The van der Waals surface area contributed by atoms with E-state index < -0.39 is 11.7 Å². The Morgan fingerprint density at radius 3 is 2.38 bits per heavy atom. The van der Waals surface area contributed by atoms with E-state index in [1.807, 2.05) is 30.3 Å². The maximum absolute atomic E-state index is 12.2. The predicted molar refractivity (Wildman–Crippen MR) is 78.6 cm³/mol. The van der Waals surface area contributed by atoms with Crippen molar-refractivity contribution in [1.29, 1.82) is 0 Å². The summed E-state index contributed by atoms with van der Waals surface area (Å²) in [5.41, 5.74) is 0.525. The first-order chi connectivity index (χ1) is 9.78. The molecular formula is C16H19NO4. The van der Waals surface area contributed by atoms with Crippen molar-refractivity contribution in [2.75, 3.05) is 0 Å². The monoisotopic (exact) mass is 289 g/mol. The zero-order valence-electron chi connectivity index (χ0n) is 12.3. The Morgan fingerprint density at radius 2 is 1.81 bits per heavy atom. The molecular weight excluding hydrogens is 270 g/mol. The summed E-state index contributed by atoms with van der Waals surface area (Å²) >= 11 is 0. The molecule has 2 N–H and O–H groups in total. The van der Waals surface area contributed by atoms with Gasteiger partial charge >= 0.3 is 6.09 Å². The van der Waals surface area contributed by atoms with Crippen molar-refractivity contribution in [3.63, 3.8) is 0 Å². The van der Waals surface area contributed by atoms with Crippen molar-refractivity contribution in [3.05, 3.63) is 47.7 Å². The number of rotatable bonds is 2. The van der Waals surface area contributed by atoms with E-state index in [1.165, 1.54) is 0 Å². The minimum Gasteiger partial charge on any atom is -0.506 e. The number of benzene rings is 1. The van der Waals surface area contributed by atoms with Crippen LogP contribution in [-0.4, -0.2) is 26.5 Å². The Morgan fingerprint density at radius 1 is 1.19 bits per heavy atom. The average Bonchev–Trinajstić information content (AvgIpc) is 2.63. The molecule has 0 aliphatic rings. The molecule has 0 bridgehead atoms. The van der Waals surface area contributed by atoms with Crippen LogP contribution in [0.5, 0.6) is 11.6 Å². The van der Waals surface area contributed by atoms with E-state index in [1.54, 1.807) is 20.8 Å². The smallest absolute Gasteiger partial charge is 0.421 e. The van der Waals surface area contributed by atoms with E-state index in [9.17, 15) is 15.0 Å². The molecule has 1 heterocycles. The largest absolute Gasteiger partial charge is 0.506 e. The maximum Gasteiger partial charge on any atom is 0.421 e. The molecule has 1 aromatic carbocycles. The van der Waals surface area contributed by atoms with Crippen LogP contribution in [0, 0.1) is 0 Å². The third kappa shape index (κ3) is 3.56. The van der Waals surface area contributed by atoms with Gasteiger partial charge in [-0.25, -0.2) is 9.36 Å². The first kappa shape index (κ1) is 15.0. The number of nitrogens with zero attached hydrogens (tertiary/aromatic N) is 1. The van der Waals surface area contributed by atoms with E-state index in [-0.39, 0.29) is 11.6 Å². The van der Waals surface area contributed by atoms with Gasteiger partial charge in [0.25, 0.3) is 0 Å². The molecule has 0 saturated heterocycles. The summed E-state index contributed by atoms with van der Waals surface area (Å²) in [6.45, 7) is 5.21. The topological polar surface area (TPSA) is 71.7 Å². The van der Waals surface area contributed by atoms with Gasteiger partial charge in [0.05, 0.1) is 5.69 Å². The molecule has 0 amide bonds. The van der Waals surface area contributed by atoms with Crippen molar-refractivity contribution < 1.29 is 19.7 Å². The SMILES string of the molecule is CC(C)(C)OC(=O)n1c(O)cc(O)c1Cc1ccccc1. The van der Waals surface area contributed by atoms with E-state index in [0.717, 1.165) is 16.2 Å². The maximum atomic E-state index is 12.2. The average molecular weight is 289 g/mol. The Hall–Kier alpha value is -2.43. The number of carbonyl (C=O) groups is 1. The second kappa shape index (κ2) is 5.52. The molecule has 0 saturated carbocycles. The summed E-state index contributed by atoms with van der Waals surface area (Å²) < 4.78 is 6.24. The lowest BCUT2D eigenvalue weighted by atomic mass is 10.1. The van der Waals surface area contributed by atoms with Gasteiger partial charge in [0, 0.05) is 12.5 Å². The number of aromatic hydroxyl groups is 2. The Kier molecular flexibility index (Phi) is 3.93. The molecule has 2 rings (SSSR count). The molecule has 1 aromatic heterocycles. The van der Waals surface area contributed by atoms with E-state index >= 15 is 0 Å². The lowest BCUT2D eigenvalue weighted by molar-refractivity contribution is 0.0521. The standard InChI is InChI=1S/C16H19NO4/c1-16(2,3)21-15(20)17-12(13(18)10-14(17)19)9-11-7-5-4-6-8-11/h4-8,10,18-19H,9H2,1-3H3. The van der Waals surface area contributed by atoms with Gasteiger partial charge in [-0.1, -0.05) is 30.3 Å². The third-order valence-corrected chi connectivity index (χ3v) is 2.85. The molecule has 0 radical (unpaired) electrons. The first-order valence-corrected chi connectivity index (χ1v) is 6.68. The molecule has 5 heteroatoms. The predicted octanol–water partition coefficient (Wildman–Crippen LogP) is 3.27. The summed E-state index contributed by atoms with van der Waals surface area (Å²) in [4.78, 5) is 12.2. The number of hydrogen-bond acceptors (Lipinski definition) is 4. The lowest BCUT2D eigenvalue weighted by Crippen LogP contribution is -2.27. The van der Waals surface area contributed by atoms with Gasteiger partial charge in [0.15, 0.2) is 0 Å². The van der Waals surface area contributed by atoms with E-state index in [0.29, 0.717) is 12.1 Å². The summed E-state index contributed by atoms with van der Waals surface area (Å²) in [5.74, 6) is -0.477. The highest BCUT2D eigenvalue weighted by molar-refractivity contribution is 5.75. The molecule has 0 fully saturated rings. The van der Waals surface area contributed by atoms with Crippen molar-refractivity contribution >= 4 is 6.09 Å². The van der Waals surface area contributed by atoms with Gasteiger partial charge in [0.1, 0.15) is 11.4 Å². The van der Waals surface area contributed by atoms with Crippen LogP contribution in [-0.2, 0) is 11.2 Å². The zero-order chi connectivity index (χ0) is 15.6. The normalized spacial score (nSPS) is 11.4. The van der Waals surface area contributed by atoms with Gasteiger partial charge in [-0.15, -0.1) is 0 Å². The van der Waals surface area contributed by atoms with E-state index in [2.05, 4.69) is 0 Å². The van der Waals surface area contributed by atoms with Crippen molar-refractivity contribution in [1.82, 2.24) is 4.57 Å². The van der Waals surface area contributed by atoms with Gasteiger partial charge in [-0.3, -0.25) is 0 Å². The molecule has 0 unspecified atom stereocenters. The summed E-state index contributed by atoms with van der Waals surface area (Å²) in [6.07, 6.45) is -0.404. The molecule has 112 valence electrons. The molecule has 2 aromatic rings. The van der Waals surface area contributed by atoms with Gasteiger partial charge < -0.3 is 14.9 Å². The van der Waals surface area contributed by atoms with Crippen LogP contribution >= 0.6 is 0 Å². The highest BCUT2D eigenvalue weighted by Gasteiger charge is 2.25. The number of ether oxygens (including phenoxy) is 1. The number of carbonyl (C=O) groups excluding carboxylic acids is 1. The van der Waals surface area contributed by atoms with Crippen molar-refractivity contribution in [3.8, 4) is 11.6 Å². The second-order valence-corrected chi connectivity index (χ2v) is 5.81. The van der Waals surface area contributed by atoms with Crippen LogP contribution in [0.4, 0.5) is 4.79 Å². The zero-order valence-corrected chi connectivity index (χ0v) is 12.3. The highest BCUT2D eigenvalue weighted by atomic mass is 16.6. The van der Waals surface area contributed by atoms with Crippen LogP contribution < -0.4 is 0 Å². The molecule has 5 nitrogen and oxygen atoms in total. The van der Waals surface area contributed by atoms with Gasteiger partial charge in [-0.2, -0.15) is 0 Å². The minimum atomic E-state index is -0.716. The summed E-state index contributed by atoms with van der Waals surface area (Å²) in [6, 6.07) is 10.5. The quantitative estimate of drug-likeness (QED) is 0.890. The van der Waals surface area contributed by atoms with E-state index in [4.69, 9.17) is 4.74 Å². The van der Waals surface area contributed by atoms with Crippen LogP contribution in [0.15, 0.2) is 36.4 Å². The van der Waals surface area contributed by atoms with Crippen molar-refractivity contribution in [2.24, 2.45) is 0 Å². The fraction of sp³-hybridized carbons (Fsp3) is 0.312. The molecule has 0 aliphatic heterocycles. The molecule has 0 spiro atoms. The molecule has 21 heavy (non-hydrogen) atoms. The van der Waals surface area contributed by atoms with Crippen LogP contribution in [0.3, 0.4) is 0 Å². The van der Waals surface area contributed by atoms with Crippen LogP contribution in [0.25, 0.3) is 0 Å². The fourth-order valence-electron chi connectivity index (χ4n) is 1.99. The van der Waals surface area contributed by atoms with Crippen LogP contribution in [0.2, 0.25) is 0 Å². The lowest BCUT2D eigenvalue weighted by Gasteiger charge is -2.20. The Balaban J connectivity index is 2.36. The third-order valence-electron chi connectivity index (χ3n) is 2.85. The first-order valence-electron chi connectivity index (χ1n) is 6.68. The minimum absolute atomic E-state index is 0.137. The van der Waals surface area contributed by atoms with Gasteiger partial charge in [0.2, 0.25) is 5.88 Å². The molecule has 0 atom stereocenters. The summed E-state index contributed by atoms with van der Waals surface area (Å²) in [7, 11) is 0. The Bertz CT molecular complexity index is 638. The fourth-order valence-corrected chi connectivity index (χ4v) is 1.99. The summed E-state index contributed by atoms with van der Waals surface area (Å²) in [5, 5.41) is 19.8. The molecule has 0 aliphatic carbocycles. The Labute approximate surface area is 123 Å².